The van der Waals surface area contributed by atoms with Gasteiger partial charge in [-0.1, -0.05) is 18.2 Å². The molecule has 25 heavy (non-hydrogen) atoms. The van der Waals surface area contributed by atoms with Crippen LogP contribution in [0.3, 0.4) is 0 Å². The SMILES string of the molecule is Cc1ccc(C(=O)O)cc1NC(=O)c1ccc(C2SCCCS2)cc1. The van der Waals surface area contributed by atoms with E-state index < -0.39 is 5.97 Å². The lowest BCUT2D eigenvalue weighted by molar-refractivity contribution is 0.0696. The highest BCUT2D eigenvalue weighted by Crippen LogP contribution is 2.43. The number of benzene rings is 2. The molecule has 2 aromatic carbocycles. The molecule has 1 amide bonds. The molecule has 1 aliphatic heterocycles. The molecule has 1 heterocycles. The molecule has 0 bridgehead atoms. The predicted molar refractivity (Wildman–Crippen MR) is 105 cm³/mol. The fourth-order valence-corrected chi connectivity index (χ4v) is 5.45. The highest BCUT2D eigenvalue weighted by molar-refractivity contribution is 8.16. The number of carbonyl (C=O) groups is 2. The summed E-state index contributed by atoms with van der Waals surface area (Å²) in [5.41, 5.74) is 3.30. The Morgan fingerprint density at radius 2 is 1.68 bits per heavy atom. The van der Waals surface area contributed by atoms with Crippen molar-refractivity contribution in [2.45, 2.75) is 17.9 Å². The van der Waals surface area contributed by atoms with Gasteiger partial charge in [0.1, 0.15) is 0 Å². The first-order chi connectivity index (χ1) is 12.0. The van der Waals surface area contributed by atoms with E-state index in [9.17, 15) is 9.59 Å². The van der Waals surface area contributed by atoms with Gasteiger partial charge in [0.15, 0.2) is 0 Å². The summed E-state index contributed by atoms with van der Waals surface area (Å²) in [6.07, 6.45) is 1.25. The van der Waals surface area contributed by atoms with E-state index in [0.29, 0.717) is 15.8 Å². The third-order valence-electron chi connectivity index (χ3n) is 4.00. The van der Waals surface area contributed by atoms with Crippen molar-refractivity contribution in [3.8, 4) is 0 Å². The Kier molecular flexibility index (Phi) is 5.71. The molecule has 2 N–H and O–H groups in total. The number of hydrogen-bond donors (Lipinski definition) is 2. The van der Waals surface area contributed by atoms with Gasteiger partial charge in [0.2, 0.25) is 0 Å². The molecule has 0 aromatic heterocycles. The van der Waals surface area contributed by atoms with E-state index in [2.05, 4.69) is 5.32 Å². The normalized spacial score (nSPS) is 14.9. The summed E-state index contributed by atoms with van der Waals surface area (Å²) in [6.45, 7) is 1.84. The maximum atomic E-state index is 12.5. The van der Waals surface area contributed by atoms with E-state index >= 15 is 0 Å². The fraction of sp³-hybridized carbons (Fsp3) is 0.263. The first-order valence-electron chi connectivity index (χ1n) is 8.03. The zero-order valence-electron chi connectivity index (χ0n) is 13.8. The monoisotopic (exact) mass is 373 g/mol. The second-order valence-electron chi connectivity index (χ2n) is 5.84. The number of anilines is 1. The van der Waals surface area contributed by atoms with Crippen molar-refractivity contribution >= 4 is 41.1 Å². The van der Waals surface area contributed by atoms with Crippen molar-refractivity contribution in [2.24, 2.45) is 0 Å². The van der Waals surface area contributed by atoms with E-state index in [4.69, 9.17) is 5.11 Å². The van der Waals surface area contributed by atoms with Crippen molar-refractivity contribution < 1.29 is 14.7 Å². The molecule has 0 unspecified atom stereocenters. The van der Waals surface area contributed by atoms with Gasteiger partial charge >= 0.3 is 5.97 Å². The summed E-state index contributed by atoms with van der Waals surface area (Å²) in [5.74, 6) is 1.11. The van der Waals surface area contributed by atoms with Crippen molar-refractivity contribution in [1.29, 1.82) is 0 Å². The Morgan fingerprint density at radius 1 is 1.04 bits per heavy atom. The van der Waals surface area contributed by atoms with Crippen LogP contribution in [-0.2, 0) is 0 Å². The van der Waals surface area contributed by atoms with Crippen molar-refractivity contribution in [3.05, 3.63) is 64.7 Å². The Bertz CT molecular complexity index is 784. The zero-order valence-corrected chi connectivity index (χ0v) is 15.5. The highest BCUT2D eigenvalue weighted by atomic mass is 32.2. The molecular weight excluding hydrogens is 354 g/mol. The van der Waals surface area contributed by atoms with Gasteiger partial charge in [-0.25, -0.2) is 4.79 Å². The minimum Gasteiger partial charge on any atom is -0.478 e. The molecule has 0 aliphatic carbocycles. The second kappa shape index (κ2) is 7.97. The smallest absolute Gasteiger partial charge is 0.335 e. The van der Waals surface area contributed by atoms with Crippen LogP contribution in [-0.4, -0.2) is 28.5 Å². The van der Waals surface area contributed by atoms with Crippen LogP contribution in [0, 0.1) is 6.92 Å². The van der Waals surface area contributed by atoms with Crippen LogP contribution in [0.1, 0.15) is 42.8 Å². The van der Waals surface area contributed by atoms with Gasteiger partial charge in [0.05, 0.1) is 10.1 Å². The lowest BCUT2D eigenvalue weighted by Gasteiger charge is -2.21. The molecule has 3 rings (SSSR count). The molecule has 0 radical (unpaired) electrons. The number of carbonyl (C=O) groups excluding carboxylic acids is 1. The number of aromatic carboxylic acids is 1. The van der Waals surface area contributed by atoms with E-state index in [1.807, 2.05) is 54.7 Å². The number of carboxylic acid groups (broad SMARTS) is 1. The number of hydrogen-bond acceptors (Lipinski definition) is 4. The zero-order chi connectivity index (χ0) is 17.8. The molecule has 0 saturated carbocycles. The molecule has 6 heteroatoms. The van der Waals surface area contributed by atoms with Gasteiger partial charge in [-0.05, 0) is 60.2 Å². The Balaban J connectivity index is 1.73. The average Bonchev–Trinajstić information content (AvgIpc) is 2.64. The third kappa shape index (κ3) is 4.38. The minimum atomic E-state index is -1.01. The number of amides is 1. The van der Waals surface area contributed by atoms with Crippen LogP contribution in [0.5, 0.6) is 0 Å². The van der Waals surface area contributed by atoms with Gasteiger partial charge in [-0.15, -0.1) is 23.5 Å². The number of thioether (sulfide) groups is 2. The van der Waals surface area contributed by atoms with Gasteiger partial charge in [0.25, 0.3) is 5.91 Å². The van der Waals surface area contributed by atoms with Gasteiger partial charge in [0, 0.05) is 11.3 Å². The average molecular weight is 373 g/mol. The van der Waals surface area contributed by atoms with Crippen molar-refractivity contribution in [3.63, 3.8) is 0 Å². The second-order valence-corrected chi connectivity index (χ2v) is 8.56. The number of nitrogens with one attached hydrogen (secondary N) is 1. The van der Waals surface area contributed by atoms with Crippen LogP contribution < -0.4 is 5.32 Å². The maximum absolute atomic E-state index is 12.5. The van der Waals surface area contributed by atoms with Crippen LogP contribution in [0.4, 0.5) is 5.69 Å². The molecule has 130 valence electrons. The van der Waals surface area contributed by atoms with Gasteiger partial charge < -0.3 is 10.4 Å². The first-order valence-corrected chi connectivity index (χ1v) is 10.1. The number of carboxylic acids is 1. The molecule has 0 spiro atoms. The lowest BCUT2D eigenvalue weighted by atomic mass is 10.1. The van der Waals surface area contributed by atoms with Crippen LogP contribution in [0.15, 0.2) is 42.5 Å². The Hall–Kier alpha value is -1.92. The molecule has 1 fully saturated rings. The summed E-state index contributed by atoms with van der Waals surface area (Å²) >= 11 is 3.89. The first kappa shape index (κ1) is 17.9. The maximum Gasteiger partial charge on any atom is 0.335 e. The minimum absolute atomic E-state index is 0.155. The van der Waals surface area contributed by atoms with Crippen LogP contribution >= 0.6 is 23.5 Å². The standard InChI is InChI=1S/C19H19NO3S2/c1-12-3-4-15(18(22)23)11-16(12)20-17(21)13-5-7-14(8-6-13)19-24-9-2-10-25-19/h3-8,11,19H,2,9-10H2,1H3,(H,20,21)(H,22,23). The fourth-order valence-electron chi connectivity index (χ4n) is 2.56. The van der Waals surface area contributed by atoms with E-state index in [0.717, 1.165) is 5.56 Å². The summed E-state index contributed by atoms with van der Waals surface area (Å²) in [7, 11) is 0. The summed E-state index contributed by atoms with van der Waals surface area (Å²) < 4.78 is 0.445. The predicted octanol–water partition coefficient (Wildman–Crippen LogP) is 4.81. The summed E-state index contributed by atoms with van der Waals surface area (Å²) in [4.78, 5) is 23.6. The summed E-state index contributed by atoms with van der Waals surface area (Å²) in [5, 5.41) is 11.9. The third-order valence-corrected chi connectivity index (χ3v) is 7.02. The molecule has 1 aliphatic rings. The highest BCUT2D eigenvalue weighted by Gasteiger charge is 2.17. The van der Waals surface area contributed by atoms with E-state index in [-0.39, 0.29) is 11.5 Å². The van der Waals surface area contributed by atoms with E-state index in [1.165, 1.54) is 35.6 Å². The molecule has 1 saturated heterocycles. The molecular formula is C19H19NO3S2. The number of aryl methyl sites for hydroxylation is 1. The Morgan fingerprint density at radius 3 is 2.32 bits per heavy atom. The van der Waals surface area contributed by atoms with Crippen molar-refractivity contribution in [1.82, 2.24) is 0 Å². The van der Waals surface area contributed by atoms with Gasteiger partial charge in [-0.3, -0.25) is 4.79 Å². The topological polar surface area (TPSA) is 66.4 Å². The molecule has 4 nitrogen and oxygen atoms in total. The number of rotatable bonds is 4. The Labute approximate surface area is 155 Å². The molecule has 0 atom stereocenters. The largest absolute Gasteiger partial charge is 0.478 e. The van der Waals surface area contributed by atoms with E-state index in [1.54, 1.807) is 6.07 Å². The van der Waals surface area contributed by atoms with Crippen LogP contribution in [0.2, 0.25) is 0 Å². The molecule has 2 aromatic rings. The lowest BCUT2D eigenvalue weighted by Crippen LogP contribution is -2.13. The van der Waals surface area contributed by atoms with Crippen molar-refractivity contribution in [2.75, 3.05) is 16.8 Å². The van der Waals surface area contributed by atoms with Gasteiger partial charge in [-0.2, -0.15) is 0 Å². The summed E-state index contributed by atoms with van der Waals surface area (Å²) in [6, 6.07) is 12.4. The quantitative estimate of drug-likeness (QED) is 0.805. The van der Waals surface area contributed by atoms with Crippen LogP contribution in [0.25, 0.3) is 0 Å².